The van der Waals surface area contributed by atoms with Gasteiger partial charge in [-0.2, -0.15) is 0 Å². The van der Waals surface area contributed by atoms with E-state index in [1.165, 1.54) is 11.1 Å². The Bertz CT molecular complexity index is 676. The Labute approximate surface area is 150 Å². The third-order valence-corrected chi connectivity index (χ3v) is 6.34. The van der Waals surface area contributed by atoms with E-state index in [-0.39, 0.29) is 17.7 Å². The highest BCUT2D eigenvalue weighted by molar-refractivity contribution is 5.87. The van der Waals surface area contributed by atoms with Crippen LogP contribution in [0.4, 0.5) is 0 Å². The molecule has 0 aromatic heterocycles. The van der Waals surface area contributed by atoms with Crippen molar-refractivity contribution in [2.24, 2.45) is 5.92 Å². The van der Waals surface area contributed by atoms with Crippen molar-refractivity contribution in [1.82, 2.24) is 9.80 Å². The van der Waals surface area contributed by atoms with Crippen LogP contribution in [0.1, 0.15) is 55.6 Å². The second-order valence-electron chi connectivity index (χ2n) is 8.16. The van der Waals surface area contributed by atoms with Crippen molar-refractivity contribution in [1.29, 1.82) is 0 Å². The van der Waals surface area contributed by atoms with E-state index >= 15 is 0 Å². The highest BCUT2D eigenvalue weighted by Gasteiger charge is 2.46. The van der Waals surface area contributed by atoms with Gasteiger partial charge in [-0.1, -0.05) is 24.3 Å². The first-order valence-corrected chi connectivity index (χ1v) is 9.66. The fourth-order valence-corrected chi connectivity index (χ4v) is 4.49. The molecule has 4 heteroatoms. The number of benzene rings is 1. The third-order valence-electron chi connectivity index (χ3n) is 6.34. The quantitative estimate of drug-likeness (QED) is 0.845. The predicted molar refractivity (Wildman–Crippen MR) is 97.2 cm³/mol. The highest BCUT2D eigenvalue weighted by Crippen LogP contribution is 2.45. The first kappa shape index (κ1) is 16.6. The molecule has 1 atom stereocenters. The average Bonchev–Trinajstić information content (AvgIpc) is 3.38. The Morgan fingerprint density at radius 2 is 1.84 bits per heavy atom. The van der Waals surface area contributed by atoms with Gasteiger partial charge in [0.15, 0.2) is 0 Å². The molecule has 0 radical (unpaired) electrons. The molecule has 25 heavy (non-hydrogen) atoms. The van der Waals surface area contributed by atoms with Gasteiger partial charge < -0.3 is 9.80 Å². The molecule has 2 amide bonds. The number of carbonyl (C=O) groups excluding carboxylic acids is 2. The normalized spacial score (nSPS) is 29.3. The van der Waals surface area contributed by atoms with Gasteiger partial charge in [-0.05, 0) is 56.1 Å². The Morgan fingerprint density at radius 3 is 2.48 bits per heavy atom. The van der Waals surface area contributed by atoms with Crippen LogP contribution in [0.5, 0.6) is 0 Å². The summed E-state index contributed by atoms with van der Waals surface area (Å²) in [4.78, 5) is 29.1. The van der Waals surface area contributed by atoms with Crippen molar-refractivity contribution in [3.05, 3.63) is 35.4 Å². The van der Waals surface area contributed by atoms with E-state index in [1.807, 2.05) is 7.05 Å². The van der Waals surface area contributed by atoms with Crippen LogP contribution >= 0.6 is 0 Å². The van der Waals surface area contributed by atoms with Gasteiger partial charge in [0.1, 0.15) is 0 Å². The predicted octanol–water partition coefficient (Wildman–Crippen LogP) is 3.10. The summed E-state index contributed by atoms with van der Waals surface area (Å²) in [5, 5.41) is 0. The molecule has 2 saturated carbocycles. The van der Waals surface area contributed by atoms with Crippen molar-refractivity contribution in [3.8, 4) is 0 Å². The van der Waals surface area contributed by atoms with Crippen molar-refractivity contribution in [2.75, 3.05) is 13.6 Å². The van der Waals surface area contributed by atoms with Gasteiger partial charge in [0.05, 0.1) is 0 Å². The first-order chi connectivity index (χ1) is 12.0. The van der Waals surface area contributed by atoms with Gasteiger partial charge in [-0.25, -0.2) is 0 Å². The average molecular weight is 340 g/mol. The summed E-state index contributed by atoms with van der Waals surface area (Å²) in [6.45, 7) is 2.89. The van der Waals surface area contributed by atoms with Gasteiger partial charge in [0, 0.05) is 38.0 Å². The van der Waals surface area contributed by atoms with Gasteiger partial charge in [-0.15, -0.1) is 0 Å². The molecule has 0 unspecified atom stereocenters. The first-order valence-electron chi connectivity index (χ1n) is 9.66. The molecule has 134 valence electrons. The molecule has 4 rings (SSSR count). The second kappa shape index (κ2) is 6.47. The molecule has 3 aliphatic rings. The fourth-order valence-electron chi connectivity index (χ4n) is 4.49. The fraction of sp³-hybridized carbons (Fsp3) is 0.619. The summed E-state index contributed by atoms with van der Waals surface area (Å²) < 4.78 is 0. The molecular formula is C21H28N2O2. The van der Waals surface area contributed by atoms with Crippen LogP contribution in [0.2, 0.25) is 0 Å². The number of carbonyl (C=O) groups is 2. The summed E-state index contributed by atoms with van der Waals surface area (Å²) in [5.41, 5.74) is 2.80. The second-order valence-corrected chi connectivity index (χ2v) is 8.16. The number of nitrogens with zero attached hydrogens (tertiary/aromatic N) is 2. The molecule has 1 aliphatic heterocycles. The van der Waals surface area contributed by atoms with Crippen molar-refractivity contribution in [3.63, 3.8) is 0 Å². The highest BCUT2D eigenvalue weighted by atomic mass is 16.2. The Kier molecular flexibility index (Phi) is 4.30. The largest absolute Gasteiger partial charge is 0.346 e. The smallest absolute Gasteiger partial charge is 0.226 e. The van der Waals surface area contributed by atoms with Crippen LogP contribution < -0.4 is 0 Å². The lowest BCUT2D eigenvalue weighted by Gasteiger charge is -2.45. The van der Waals surface area contributed by atoms with Crippen LogP contribution in [-0.2, 0) is 9.59 Å². The topological polar surface area (TPSA) is 40.6 Å². The number of piperidine rings is 1. The van der Waals surface area contributed by atoms with Crippen LogP contribution in [0.3, 0.4) is 0 Å². The van der Waals surface area contributed by atoms with Crippen molar-refractivity contribution >= 4 is 11.8 Å². The molecule has 2 aliphatic carbocycles. The Balaban J connectivity index is 1.42. The SMILES string of the molecule is Cc1ccccc1C1CC(N(C(=O)[C@H]2CCN(C)C(=O)C2)C2CC2)C1. The van der Waals surface area contributed by atoms with Gasteiger partial charge >= 0.3 is 0 Å². The summed E-state index contributed by atoms with van der Waals surface area (Å²) in [5.74, 6) is 0.852. The zero-order valence-electron chi connectivity index (χ0n) is 15.3. The van der Waals surface area contributed by atoms with Gasteiger partial charge in [0.2, 0.25) is 11.8 Å². The number of hydrogen-bond acceptors (Lipinski definition) is 2. The van der Waals surface area contributed by atoms with E-state index in [4.69, 9.17) is 0 Å². The maximum atomic E-state index is 13.1. The molecule has 0 N–H and O–H groups in total. The van der Waals surface area contributed by atoms with E-state index < -0.39 is 0 Å². The van der Waals surface area contributed by atoms with E-state index in [0.29, 0.717) is 31.0 Å². The third kappa shape index (κ3) is 3.19. The molecule has 1 saturated heterocycles. The van der Waals surface area contributed by atoms with E-state index in [9.17, 15) is 9.59 Å². The van der Waals surface area contributed by atoms with Crippen LogP contribution in [0.15, 0.2) is 24.3 Å². The lowest BCUT2D eigenvalue weighted by molar-refractivity contribution is -0.148. The van der Waals surface area contributed by atoms with Gasteiger partial charge in [0.25, 0.3) is 0 Å². The summed E-state index contributed by atoms with van der Waals surface area (Å²) >= 11 is 0. The lowest BCUT2D eigenvalue weighted by Crippen LogP contribution is -2.52. The number of rotatable bonds is 4. The molecule has 0 bridgehead atoms. The number of amides is 2. The van der Waals surface area contributed by atoms with Gasteiger partial charge in [-0.3, -0.25) is 9.59 Å². The van der Waals surface area contributed by atoms with E-state index in [1.54, 1.807) is 4.90 Å². The van der Waals surface area contributed by atoms with Crippen LogP contribution in [-0.4, -0.2) is 47.3 Å². The maximum absolute atomic E-state index is 13.1. The lowest BCUT2D eigenvalue weighted by atomic mass is 9.73. The summed E-state index contributed by atoms with van der Waals surface area (Å²) in [7, 11) is 1.83. The molecule has 0 spiro atoms. The summed E-state index contributed by atoms with van der Waals surface area (Å²) in [6.07, 6.45) is 5.64. The molecule has 1 aromatic carbocycles. The zero-order chi connectivity index (χ0) is 17.6. The molecule has 1 aromatic rings. The van der Waals surface area contributed by atoms with Crippen LogP contribution in [0.25, 0.3) is 0 Å². The zero-order valence-corrected chi connectivity index (χ0v) is 15.3. The molecule has 4 nitrogen and oxygen atoms in total. The standard InChI is InChI=1S/C21H28N2O2/c1-14-5-3-4-6-19(14)16-11-18(12-16)23(17-7-8-17)21(25)15-9-10-22(2)20(24)13-15/h3-6,15-18H,7-13H2,1-2H3/t15-,16?,18?/m0/s1. The Hall–Kier alpha value is -1.84. The minimum atomic E-state index is -0.0955. The molecule has 1 heterocycles. The van der Waals surface area contributed by atoms with Crippen LogP contribution in [0, 0.1) is 12.8 Å². The minimum absolute atomic E-state index is 0.0955. The van der Waals surface area contributed by atoms with E-state index in [2.05, 4.69) is 36.1 Å². The molecular weight excluding hydrogens is 312 g/mol. The van der Waals surface area contributed by atoms with Crippen molar-refractivity contribution in [2.45, 2.75) is 63.5 Å². The number of aryl methyl sites for hydroxylation is 1. The Morgan fingerprint density at radius 1 is 1.12 bits per heavy atom. The molecule has 3 fully saturated rings. The van der Waals surface area contributed by atoms with Crippen molar-refractivity contribution < 1.29 is 9.59 Å². The van der Waals surface area contributed by atoms with E-state index in [0.717, 1.165) is 32.1 Å². The monoisotopic (exact) mass is 340 g/mol. The number of hydrogen-bond donors (Lipinski definition) is 0. The number of likely N-dealkylation sites (tertiary alicyclic amines) is 1. The maximum Gasteiger partial charge on any atom is 0.226 e. The summed E-state index contributed by atoms with van der Waals surface area (Å²) in [6, 6.07) is 9.42. The minimum Gasteiger partial charge on any atom is -0.346 e.